The van der Waals surface area contributed by atoms with Crippen LogP contribution in [0.2, 0.25) is 0 Å². The molecule has 0 aliphatic carbocycles. The van der Waals surface area contributed by atoms with Crippen molar-refractivity contribution in [3.8, 4) is 11.1 Å². The molecule has 2 aromatic heterocycles. The highest BCUT2D eigenvalue weighted by Crippen LogP contribution is 2.21. The van der Waals surface area contributed by atoms with Gasteiger partial charge in [0.25, 0.3) is 0 Å². The summed E-state index contributed by atoms with van der Waals surface area (Å²) in [6.45, 7) is 0. The van der Waals surface area contributed by atoms with E-state index in [0.717, 1.165) is 11.3 Å². The molecule has 0 fully saturated rings. The van der Waals surface area contributed by atoms with Crippen LogP contribution in [0.1, 0.15) is 11.3 Å². The van der Waals surface area contributed by atoms with E-state index in [4.69, 9.17) is 0 Å². The molecule has 4 aromatic rings. The largest absolute Gasteiger partial charge is 0.291 e. The number of fused-ring (bicyclic) bond motifs is 1. The van der Waals surface area contributed by atoms with Gasteiger partial charge in [0, 0.05) is 18.6 Å². The molecule has 0 saturated heterocycles. The number of aromatic nitrogens is 3. The second kappa shape index (κ2) is 5.89. The van der Waals surface area contributed by atoms with Crippen molar-refractivity contribution in [1.29, 1.82) is 0 Å². The minimum Gasteiger partial charge on any atom is -0.291 e. The highest BCUT2D eigenvalue weighted by Gasteiger charge is 1.99. The fourth-order valence-corrected chi connectivity index (χ4v) is 2.56. The van der Waals surface area contributed by atoms with E-state index in [0.29, 0.717) is 5.78 Å². The first-order chi connectivity index (χ1) is 11.4. The van der Waals surface area contributed by atoms with Crippen LogP contribution in [-0.2, 0) is 0 Å². The second-order valence-corrected chi connectivity index (χ2v) is 5.32. The van der Waals surface area contributed by atoms with E-state index in [1.807, 2.05) is 35.0 Å². The van der Waals surface area contributed by atoms with Crippen molar-refractivity contribution in [3.63, 3.8) is 0 Å². The molecule has 2 heterocycles. The topological polar surface area (TPSA) is 30.2 Å². The maximum atomic E-state index is 4.47. The van der Waals surface area contributed by atoms with Crippen LogP contribution in [0.5, 0.6) is 0 Å². The van der Waals surface area contributed by atoms with Gasteiger partial charge in [-0.1, -0.05) is 54.6 Å². The molecule has 0 bridgehead atoms. The molecule has 3 heteroatoms. The zero-order valence-corrected chi connectivity index (χ0v) is 12.5. The zero-order valence-electron chi connectivity index (χ0n) is 12.5. The molecular formula is C20H15N3. The van der Waals surface area contributed by atoms with E-state index < -0.39 is 0 Å². The number of benzene rings is 2. The molecule has 0 unspecified atom stereocenters. The lowest BCUT2D eigenvalue weighted by Crippen LogP contribution is -1.82. The molecule has 3 nitrogen and oxygen atoms in total. The molecule has 0 aliphatic rings. The van der Waals surface area contributed by atoms with Gasteiger partial charge in [0.2, 0.25) is 5.78 Å². The smallest absolute Gasteiger partial charge is 0.234 e. The fourth-order valence-electron chi connectivity index (χ4n) is 2.56. The van der Waals surface area contributed by atoms with Crippen molar-refractivity contribution in [3.05, 3.63) is 90.5 Å². The molecule has 0 saturated carbocycles. The van der Waals surface area contributed by atoms with Crippen LogP contribution in [0.15, 0.2) is 79.3 Å². The highest BCUT2D eigenvalue weighted by atomic mass is 15.1. The molecule has 0 radical (unpaired) electrons. The van der Waals surface area contributed by atoms with Crippen molar-refractivity contribution in [2.24, 2.45) is 0 Å². The van der Waals surface area contributed by atoms with Gasteiger partial charge in [-0.25, -0.2) is 9.97 Å². The van der Waals surface area contributed by atoms with Crippen LogP contribution in [0.4, 0.5) is 0 Å². The lowest BCUT2D eigenvalue weighted by molar-refractivity contribution is 1.11. The average Bonchev–Trinajstić information content (AvgIpc) is 3.04. The summed E-state index contributed by atoms with van der Waals surface area (Å²) >= 11 is 0. The summed E-state index contributed by atoms with van der Waals surface area (Å²) in [5.74, 6) is 0.713. The number of rotatable bonds is 3. The molecule has 0 atom stereocenters. The lowest BCUT2D eigenvalue weighted by atomic mass is 10.0. The van der Waals surface area contributed by atoms with Crippen LogP contribution >= 0.6 is 0 Å². The van der Waals surface area contributed by atoms with Gasteiger partial charge in [-0.05, 0) is 34.9 Å². The molecule has 0 amide bonds. The Bertz CT molecular complexity index is 935. The molecule has 0 spiro atoms. The quantitative estimate of drug-likeness (QED) is 0.554. The predicted octanol–water partition coefficient (Wildman–Crippen LogP) is 4.57. The summed E-state index contributed by atoms with van der Waals surface area (Å²) in [7, 11) is 0. The minimum absolute atomic E-state index is 0.713. The van der Waals surface area contributed by atoms with Crippen LogP contribution in [0, 0.1) is 0 Å². The van der Waals surface area contributed by atoms with Crippen molar-refractivity contribution < 1.29 is 0 Å². The molecule has 0 aliphatic heterocycles. The van der Waals surface area contributed by atoms with Gasteiger partial charge in [-0.2, -0.15) is 0 Å². The summed E-state index contributed by atoms with van der Waals surface area (Å²) in [5, 5.41) is 0. The standard InChI is InChI=1S/C20H15N3/c1-2-7-17(8-3-1)18-9-4-6-16(14-18)10-11-19-15-23-13-5-12-21-20(23)22-19/h1-15H/b11-10+. The summed E-state index contributed by atoms with van der Waals surface area (Å²) in [6, 6.07) is 20.8. The minimum atomic E-state index is 0.713. The van der Waals surface area contributed by atoms with Crippen molar-refractivity contribution in [2.75, 3.05) is 0 Å². The first kappa shape index (κ1) is 13.5. The third-order valence-corrected chi connectivity index (χ3v) is 3.69. The van der Waals surface area contributed by atoms with E-state index in [1.54, 1.807) is 6.20 Å². The number of hydrogen-bond donors (Lipinski definition) is 0. The monoisotopic (exact) mass is 297 g/mol. The number of nitrogens with zero attached hydrogens (tertiary/aromatic N) is 3. The summed E-state index contributed by atoms with van der Waals surface area (Å²) in [5.41, 5.74) is 4.48. The number of imidazole rings is 1. The molecular weight excluding hydrogens is 282 g/mol. The molecule has 4 rings (SSSR count). The van der Waals surface area contributed by atoms with Gasteiger partial charge in [-0.15, -0.1) is 0 Å². The second-order valence-electron chi connectivity index (χ2n) is 5.32. The molecule has 2 aromatic carbocycles. The van der Waals surface area contributed by atoms with Crippen molar-refractivity contribution in [2.45, 2.75) is 0 Å². The summed E-state index contributed by atoms with van der Waals surface area (Å²) in [4.78, 5) is 8.70. The van der Waals surface area contributed by atoms with Crippen molar-refractivity contribution in [1.82, 2.24) is 14.4 Å². The van der Waals surface area contributed by atoms with Crippen LogP contribution in [0.25, 0.3) is 29.1 Å². The van der Waals surface area contributed by atoms with Crippen LogP contribution in [-0.4, -0.2) is 14.4 Å². The zero-order chi connectivity index (χ0) is 15.5. The fraction of sp³-hybridized carbons (Fsp3) is 0. The Morgan fingerprint density at radius 3 is 2.57 bits per heavy atom. The van der Waals surface area contributed by atoms with Crippen LogP contribution < -0.4 is 0 Å². The number of hydrogen-bond acceptors (Lipinski definition) is 2. The maximum absolute atomic E-state index is 4.47. The van der Waals surface area contributed by atoms with Gasteiger partial charge in [0.1, 0.15) is 0 Å². The van der Waals surface area contributed by atoms with Gasteiger partial charge in [0.05, 0.1) is 5.69 Å². The Hall–Kier alpha value is -3.20. The highest BCUT2D eigenvalue weighted by molar-refractivity contribution is 5.73. The van der Waals surface area contributed by atoms with Crippen LogP contribution in [0.3, 0.4) is 0 Å². The SMILES string of the molecule is C(=C\c1cn2cccnc2n1)/c1cccc(-c2ccccc2)c1. The maximum Gasteiger partial charge on any atom is 0.234 e. The Balaban J connectivity index is 1.63. The first-order valence-electron chi connectivity index (χ1n) is 7.52. The first-order valence-corrected chi connectivity index (χ1v) is 7.52. The van der Waals surface area contributed by atoms with E-state index in [2.05, 4.69) is 64.6 Å². The Kier molecular flexibility index (Phi) is 3.45. The molecule has 23 heavy (non-hydrogen) atoms. The molecule has 110 valence electrons. The molecule has 0 N–H and O–H groups in total. The Labute approximate surface area is 134 Å². The lowest BCUT2D eigenvalue weighted by Gasteiger charge is -2.02. The predicted molar refractivity (Wildman–Crippen MR) is 93.8 cm³/mol. The summed E-state index contributed by atoms with van der Waals surface area (Å²) in [6.07, 6.45) is 9.76. The normalized spacial score (nSPS) is 11.3. The summed E-state index contributed by atoms with van der Waals surface area (Å²) < 4.78 is 1.92. The Morgan fingerprint density at radius 1 is 0.826 bits per heavy atom. The van der Waals surface area contributed by atoms with Gasteiger partial charge in [0.15, 0.2) is 0 Å². The van der Waals surface area contributed by atoms with E-state index in [9.17, 15) is 0 Å². The van der Waals surface area contributed by atoms with Gasteiger partial charge in [-0.3, -0.25) is 4.40 Å². The van der Waals surface area contributed by atoms with E-state index in [-0.39, 0.29) is 0 Å². The van der Waals surface area contributed by atoms with Gasteiger partial charge >= 0.3 is 0 Å². The average molecular weight is 297 g/mol. The third kappa shape index (κ3) is 2.90. The third-order valence-electron chi connectivity index (χ3n) is 3.69. The van der Waals surface area contributed by atoms with Crippen molar-refractivity contribution >= 4 is 17.9 Å². The van der Waals surface area contributed by atoms with E-state index in [1.165, 1.54) is 11.1 Å². The van der Waals surface area contributed by atoms with E-state index >= 15 is 0 Å². The van der Waals surface area contributed by atoms with Gasteiger partial charge < -0.3 is 0 Å². The Morgan fingerprint density at radius 2 is 1.70 bits per heavy atom.